The number of ether oxygens (including phenoxy) is 1. The largest absolute Gasteiger partial charge is 0.507 e. The summed E-state index contributed by atoms with van der Waals surface area (Å²) in [6.45, 7) is 2.00. The number of phenolic OH excluding ortho intramolecular Hbond substituents is 2. The van der Waals surface area contributed by atoms with Gasteiger partial charge in [0.15, 0.2) is 5.78 Å². The average Bonchev–Trinajstić information content (AvgIpc) is 2.75. The summed E-state index contributed by atoms with van der Waals surface area (Å²) < 4.78 is 5.23. The van der Waals surface area contributed by atoms with Crippen LogP contribution in [0.4, 0.5) is 0 Å². The summed E-state index contributed by atoms with van der Waals surface area (Å²) in [6, 6.07) is 8.58. The molecular weight excluding hydrogens is 386 g/mol. The van der Waals surface area contributed by atoms with E-state index >= 15 is 0 Å². The van der Waals surface area contributed by atoms with Gasteiger partial charge in [0.25, 0.3) is 0 Å². The number of ketones is 2. The van der Waals surface area contributed by atoms with Gasteiger partial charge in [-0.25, -0.2) is 4.79 Å². The van der Waals surface area contributed by atoms with Gasteiger partial charge in [-0.05, 0) is 36.2 Å². The first-order chi connectivity index (χ1) is 14.5. The lowest BCUT2D eigenvalue weighted by Gasteiger charge is -2.22. The van der Waals surface area contributed by atoms with Gasteiger partial charge >= 0.3 is 5.97 Å². The Morgan fingerprint density at radius 1 is 0.967 bits per heavy atom. The van der Waals surface area contributed by atoms with Crippen molar-refractivity contribution in [3.8, 4) is 22.6 Å². The number of phenols is 2. The van der Waals surface area contributed by atoms with Crippen LogP contribution in [0.1, 0.15) is 55.5 Å². The van der Waals surface area contributed by atoms with Crippen molar-refractivity contribution in [1.82, 2.24) is 4.98 Å². The molecular formula is C23H17NO6. The highest BCUT2D eigenvalue weighted by Gasteiger charge is 2.37. The SMILES string of the molecule is CCCOC(=O)c1cc2c(c(O)c1-c1ccncc1)C(=O)c1c(O)cccc1C2=O. The van der Waals surface area contributed by atoms with E-state index in [9.17, 15) is 24.6 Å². The maximum absolute atomic E-state index is 13.1. The number of esters is 1. The van der Waals surface area contributed by atoms with Crippen molar-refractivity contribution in [3.05, 3.63) is 76.6 Å². The second kappa shape index (κ2) is 7.44. The van der Waals surface area contributed by atoms with E-state index in [1.165, 1.54) is 36.7 Å². The molecule has 0 fully saturated rings. The van der Waals surface area contributed by atoms with Crippen LogP contribution >= 0.6 is 0 Å². The summed E-state index contributed by atoms with van der Waals surface area (Å²) in [4.78, 5) is 42.9. The summed E-state index contributed by atoms with van der Waals surface area (Å²) in [7, 11) is 0. The zero-order valence-electron chi connectivity index (χ0n) is 16.0. The highest BCUT2D eigenvalue weighted by molar-refractivity contribution is 6.31. The zero-order valence-corrected chi connectivity index (χ0v) is 16.0. The molecule has 0 saturated carbocycles. The summed E-state index contributed by atoms with van der Waals surface area (Å²) in [5, 5.41) is 21.2. The second-order valence-electron chi connectivity index (χ2n) is 6.80. The van der Waals surface area contributed by atoms with Crippen molar-refractivity contribution in [1.29, 1.82) is 0 Å². The van der Waals surface area contributed by atoms with E-state index in [1.54, 1.807) is 12.1 Å². The minimum atomic E-state index is -0.719. The van der Waals surface area contributed by atoms with Gasteiger partial charge < -0.3 is 14.9 Å². The van der Waals surface area contributed by atoms with E-state index in [0.29, 0.717) is 12.0 Å². The van der Waals surface area contributed by atoms with Gasteiger partial charge in [0.05, 0.1) is 23.3 Å². The van der Waals surface area contributed by atoms with Gasteiger partial charge in [0, 0.05) is 29.1 Å². The van der Waals surface area contributed by atoms with E-state index in [1.807, 2.05) is 6.92 Å². The normalized spacial score (nSPS) is 12.3. The predicted molar refractivity (Wildman–Crippen MR) is 107 cm³/mol. The monoisotopic (exact) mass is 403 g/mol. The van der Waals surface area contributed by atoms with Crippen molar-refractivity contribution in [2.24, 2.45) is 0 Å². The third-order valence-corrected chi connectivity index (χ3v) is 4.91. The van der Waals surface area contributed by atoms with Crippen LogP contribution in [0.25, 0.3) is 11.1 Å². The molecule has 150 valence electrons. The van der Waals surface area contributed by atoms with E-state index in [0.717, 1.165) is 0 Å². The minimum Gasteiger partial charge on any atom is -0.507 e. The quantitative estimate of drug-likeness (QED) is 0.501. The third kappa shape index (κ3) is 2.91. The molecule has 4 rings (SSSR count). The van der Waals surface area contributed by atoms with Crippen LogP contribution in [0.15, 0.2) is 48.8 Å². The van der Waals surface area contributed by atoms with Crippen LogP contribution in [-0.4, -0.2) is 39.3 Å². The lowest BCUT2D eigenvalue weighted by atomic mass is 9.80. The lowest BCUT2D eigenvalue weighted by molar-refractivity contribution is 0.0505. The Labute approximate surface area is 171 Å². The summed E-state index contributed by atoms with van der Waals surface area (Å²) >= 11 is 0. The maximum Gasteiger partial charge on any atom is 0.338 e. The fourth-order valence-corrected chi connectivity index (χ4v) is 3.56. The van der Waals surface area contributed by atoms with Crippen LogP contribution in [0.3, 0.4) is 0 Å². The molecule has 30 heavy (non-hydrogen) atoms. The molecule has 2 aromatic carbocycles. The lowest BCUT2D eigenvalue weighted by Crippen LogP contribution is -2.23. The predicted octanol–water partition coefficient (Wildman–Crippen LogP) is 3.50. The number of pyridine rings is 1. The highest BCUT2D eigenvalue weighted by atomic mass is 16.5. The Balaban J connectivity index is 2.02. The van der Waals surface area contributed by atoms with Crippen molar-refractivity contribution in [3.63, 3.8) is 0 Å². The first-order valence-electron chi connectivity index (χ1n) is 9.34. The number of hydrogen-bond donors (Lipinski definition) is 2. The minimum absolute atomic E-state index is 0.0106. The van der Waals surface area contributed by atoms with Gasteiger partial charge in [-0.15, -0.1) is 0 Å². The number of aromatic hydroxyl groups is 2. The standard InChI is InChI=1S/C23H17NO6/c1-2-10-30-23(29)15-11-14-19(21(27)17(15)12-6-8-24-9-7-12)22(28)18-13(20(14)26)4-3-5-16(18)25/h3-9,11,25,27H,2,10H2,1H3. The van der Waals surface area contributed by atoms with E-state index in [4.69, 9.17) is 4.74 Å². The summed E-state index contributed by atoms with van der Waals surface area (Å²) in [5.74, 6) is -2.86. The molecule has 1 aromatic heterocycles. The fourth-order valence-electron chi connectivity index (χ4n) is 3.56. The van der Waals surface area contributed by atoms with Crippen molar-refractivity contribution in [2.75, 3.05) is 6.61 Å². The molecule has 0 bridgehead atoms. The van der Waals surface area contributed by atoms with Crippen LogP contribution in [0.5, 0.6) is 11.5 Å². The molecule has 7 nitrogen and oxygen atoms in total. The molecule has 1 aliphatic carbocycles. The molecule has 7 heteroatoms. The number of carbonyl (C=O) groups excluding carboxylic acids is 3. The van der Waals surface area contributed by atoms with Crippen LogP contribution in [0.2, 0.25) is 0 Å². The van der Waals surface area contributed by atoms with Crippen molar-refractivity contribution < 1.29 is 29.3 Å². The first kappa shape index (κ1) is 19.3. The number of hydrogen-bond acceptors (Lipinski definition) is 7. The van der Waals surface area contributed by atoms with E-state index in [-0.39, 0.29) is 45.7 Å². The number of nitrogens with zero attached hydrogens (tertiary/aromatic N) is 1. The van der Waals surface area contributed by atoms with Gasteiger partial charge in [0.1, 0.15) is 11.5 Å². The van der Waals surface area contributed by atoms with Crippen molar-refractivity contribution >= 4 is 17.5 Å². The average molecular weight is 403 g/mol. The smallest absolute Gasteiger partial charge is 0.338 e. The molecule has 0 saturated heterocycles. The number of benzene rings is 2. The summed E-state index contributed by atoms with van der Waals surface area (Å²) in [6.07, 6.45) is 3.55. The molecule has 1 aliphatic rings. The first-order valence-corrected chi connectivity index (χ1v) is 9.34. The van der Waals surface area contributed by atoms with E-state index < -0.39 is 23.3 Å². The second-order valence-corrected chi connectivity index (χ2v) is 6.80. The van der Waals surface area contributed by atoms with Gasteiger partial charge in [-0.2, -0.15) is 0 Å². The fraction of sp³-hybridized carbons (Fsp3) is 0.130. The Morgan fingerprint density at radius 2 is 1.70 bits per heavy atom. The molecule has 0 amide bonds. The maximum atomic E-state index is 13.1. The number of rotatable bonds is 4. The molecule has 0 unspecified atom stereocenters. The number of fused-ring (bicyclic) bond motifs is 2. The Morgan fingerprint density at radius 3 is 2.40 bits per heavy atom. The molecule has 0 spiro atoms. The molecule has 0 radical (unpaired) electrons. The summed E-state index contributed by atoms with van der Waals surface area (Å²) in [5.41, 5.74) is -0.0709. The van der Waals surface area contributed by atoms with E-state index in [2.05, 4.69) is 4.98 Å². The van der Waals surface area contributed by atoms with Gasteiger partial charge in [0.2, 0.25) is 5.78 Å². The topological polar surface area (TPSA) is 114 Å². The van der Waals surface area contributed by atoms with Crippen LogP contribution < -0.4 is 0 Å². The van der Waals surface area contributed by atoms with Crippen LogP contribution in [-0.2, 0) is 4.74 Å². The molecule has 0 atom stereocenters. The molecule has 2 N–H and O–H groups in total. The third-order valence-electron chi connectivity index (χ3n) is 4.91. The van der Waals surface area contributed by atoms with Gasteiger partial charge in [-0.1, -0.05) is 19.1 Å². The zero-order chi connectivity index (χ0) is 21.4. The van der Waals surface area contributed by atoms with Gasteiger partial charge in [-0.3, -0.25) is 14.6 Å². The molecule has 0 aliphatic heterocycles. The Hall–Kier alpha value is -4.00. The number of carbonyl (C=O) groups is 3. The Bertz CT molecular complexity index is 1200. The molecule has 1 heterocycles. The Kier molecular flexibility index (Phi) is 4.79. The van der Waals surface area contributed by atoms with Crippen LogP contribution in [0, 0.1) is 0 Å². The highest BCUT2D eigenvalue weighted by Crippen LogP contribution is 2.43. The number of aromatic nitrogens is 1. The van der Waals surface area contributed by atoms with Crippen molar-refractivity contribution in [2.45, 2.75) is 13.3 Å². The molecule has 3 aromatic rings.